The summed E-state index contributed by atoms with van der Waals surface area (Å²) in [5.74, 6) is 0. The van der Waals surface area contributed by atoms with Crippen molar-refractivity contribution in [2.75, 3.05) is 5.33 Å². The van der Waals surface area contributed by atoms with Gasteiger partial charge in [-0.2, -0.15) is 0 Å². The largest absolute Gasteiger partial charge is 0.286 e. The van der Waals surface area contributed by atoms with E-state index in [2.05, 4.69) is 15.9 Å². The molecule has 0 saturated heterocycles. The fraction of sp³-hybridized carbons (Fsp3) is 0.538. The number of aromatic nitrogens is 2. The SMILES string of the molecule is O=c1c2c3c(sc2nc2n1C[C@H](CBr)S2)CCCC3. The summed E-state index contributed by atoms with van der Waals surface area (Å²) in [7, 11) is 0. The normalized spacial score (nSPS) is 21.6. The molecule has 2 aromatic rings. The number of hydrogen-bond donors (Lipinski definition) is 0. The third-order valence-electron chi connectivity index (χ3n) is 3.87. The number of thiophene rings is 1. The van der Waals surface area contributed by atoms with Gasteiger partial charge in [-0.3, -0.25) is 9.36 Å². The monoisotopic (exact) mass is 356 g/mol. The average Bonchev–Trinajstić information content (AvgIpc) is 2.99. The molecular formula is C13H13BrN2OS2. The first-order valence-corrected chi connectivity index (χ1v) is 9.37. The van der Waals surface area contributed by atoms with Crippen LogP contribution in [0.2, 0.25) is 0 Å². The summed E-state index contributed by atoms with van der Waals surface area (Å²) in [5.41, 5.74) is 1.49. The molecule has 0 radical (unpaired) electrons. The zero-order valence-electron chi connectivity index (χ0n) is 10.3. The number of alkyl halides is 1. The molecule has 2 aromatic heterocycles. The van der Waals surface area contributed by atoms with E-state index in [1.807, 2.05) is 4.57 Å². The van der Waals surface area contributed by atoms with Crippen LogP contribution in [0.3, 0.4) is 0 Å². The van der Waals surface area contributed by atoms with Gasteiger partial charge in [-0.1, -0.05) is 27.7 Å². The molecular weight excluding hydrogens is 344 g/mol. The van der Waals surface area contributed by atoms with E-state index in [9.17, 15) is 4.79 Å². The minimum Gasteiger partial charge on any atom is -0.286 e. The van der Waals surface area contributed by atoms with Gasteiger partial charge in [0.1, 0.15) is 4.83 Å². The first-order chi connectivity index (χ1) is 9.28. The molecule has 0 spiro atoms. The zero-order valence-corrected chi connectivity index (χ0v) is 13.5. The van der Waals surface area contributed by atoms with Gasteiger partial charge in [-0.15, -0.1) is 11.3 Å². The summed E-state index contributed by atoms with van der Waals surface area (Å²) in [6.07, 6.45) is 4.64. The molecule has 1 atom stereocenters. The standard InChI is InChI=1S/C13H13BrN2OS2/c14-5-7-6-16-12(17)10-8-3-1-2-4-9(8)19-11(10)15-13(16)18-7/h7H,1-6H2/t7-/m0/s1. The van der Waals surface area contributed by atoms with Crippen molar-refractivity contribution in [3.05, 3.63) is 20.8 Å². The number of rotatable bonds is 1. The van der Waals surface area contributed by atoms with Crippen molar-refractivity contribution < 1.29 is 0 Å². The van der Waals surface area contributed by atoms with Crippen LogP contribution in [-0.4, -0.2) is 20.1 Å². The lowest BCUT2D eigenvalue weighted by molar-refractivity contribution is 0.631. The smallest absolute Gasteiger partial charge is 0.263 e. The maximum Gasteiger partial charge on any atom is 0.263 e. The van der Waals surface area contributed by atoms with Gasteiger partial charge in [0.15, 0.2) is 5.16 Å². The van der Waals surface area contributed by atoms with Crippen LogP contribution in [-0.2, 0) is 19.4 Å². The summed E-state index contributed by atoms with van der Waals surface area (Å²) in [5, 5.41) is 3.17. The second-order valence-corrected chi connectivity index (χ2v) is 8.09. The van der Waals surface area contributed by atoms with E-state index in [1.54, 1.807) is 23.1 Å². The third-order valence-corrected chi connectivity index (χ3v) is 7.44. The van der Waals surface area contributed by atoms with Gasteiger partial charge < -0.3 is 0 Å². The number of hydrogen-bond acceptors (Lipinski definition) is 4. The Bertz CT molecular complexity index is 721. The molecule has 19 heavy (non-hydrogen) atoms. The minimum atomic E-state index is 0.190. The van der Waals surface area contributed by atoms with Gasteiger partial charge in [0, 0.05) is 22.0 Å². The van der Waals surface area contributed by atoms with E-state index in [0.717, 1.165) is 40.1 Å². The Balaban J connectivity index is 1.97. The number of halogens is 1. The van der Waals surface area contributed by atoms with Gasteiger partial charge in [-0.05, 0) is 31.2 Å². The lowest BCUT2D eigenvalue weighted by atomic mass is 9.97. The molecule has 0 bridgehead atoms. The molecule has 0 N–H and O–H groups in total. The Morgan fingerprint density at radius 2 is 2.21 bits per heavy atom. The van der Waals surface area contributed by atoms with Gasteiger partial charge in [0.05, 0.1) is 5.39 Å². The van der Waals surface area contributed by atoms with E-state index in [4.69, 9.17) is 4.98 Å². The van der Waals surface area contributed by atoms with Crippen LogP contribution in [0, 0.1) is 0 Å². The lowest BCUT2D eigenvalue weighted by Crippen LogP contribution is -2.22. The summed E-state index contributed by atoms with van der Waals surface area (Å²) in [6, 6.07) is 0. The molecule has 0 amide bonds. The van der Waals surface area contributed by atoms with Gasteiger partial charge in [0.25, 0.3) is 5.56 Å². The van der Waals surface area contributed by atoms with E-state index in [1.165, 1.54) is 23.3 Å². The highest BCUT2D eigenvalue weighted by molar-refractivity contribution is 9.09. The first-order valence-electron chi connectivity index (χ1n) is 6.55. The van der Waals surface area contributed by atoms with Crippen molar-refractivity contribution in [3.63, 3.8) is 0 Å². The van der Waals surface area contributed by atoms with E-state index < -0.39 is 0 Å². The number of nitrogens with zero attached hydrogens (tertiary/aromatic N) is 2. The molecule has 4 rings (SSSR count). The maximum absolute atomic E-state index is 12.7. The van der Waals surface area contributed by atoms with Crippen LogP contribution in [0.25, 0.3) is 10.2 Å². The highest BCUT2D eigenvalue weighted by atomic mass is 79.9. The van der Waals surface area contributed by atoms with E-state index in [0.29, 0.717) is 5.25 Å². The number of aryl methyl sites for hydroxylation is 2. The van der Waals surface area contributed by atoms with Gasteiger partial charge in [0.2, 0.25) is 0 Å². The Morgan fingerprint density at radius 3 is 3.05 bits per heavy atom. The molecule has 2 aliphatic rings. The van der Waals surface area contributed by atoms with Crippen LogP contribution in [0.1, 0.15) is 23.3 Å². The van der Waals surface area contributed by atoms with Gasteiger partial charge in [-0.25, -0.2) is 4.98 Å². The fourth-order valence-electron chi connectivity index (χ4n) is 2.94. The summed E-state index contributed by atoms with van der Waals surface area (Å²) in [4.78, 5) is 19.8. The van der Waals surface area contributed by atoms with Crippen LogP contribution in [0.15, 0.2) is 9.95 Å². The van der Waals surface area contributed by atoms with E-state index >= 15 is 0 Å². The summed E-state index contributed by atoms with van der Waals surface area (Å²) < 4.78 is 1.88. The molecule has 100 valence electrons. The molecule has 1 aliphatic carbocycles. The predicted octanol–water partition coefficient (Wildman–Crippen LogP) is 3.21. The molecule has 1 aliphatic heterocycles. The highest BCUT2D eigenvalue weighted by Gasteiger charge is 2.28. The summed E-state index contributed by atoms with van der Waals surface area (Å²) >= 11 is 6.97. The molecule has 0 saturated carbocycles. The zero-order chi connectivity index (χ0) is 13.0. The molecule has 0 unspecified atom stereocenters. The van der Waals surface area contributed by atoms with Crippen LogP contribution in [0.5, 0.6) is 0 Å². The second kappa shape index (κ2) is 4.60. The average molecular weight is 357 g/mol. The van der Waals surface area contributed by atoms with Crippen molar-refractivity contribution in [3.8, 4) is 0 Å². The first kappa shape index (κ1) is 12.4. The van der Waals surface area contributed by atoms with Crippen molar-refractivity contribution in [2.45, 2.75) is 42.6 Å². The Hall–Kier alpha value is -0.330. The second-order valence-electron chi connectivity index (χ2n) is 5.10. The summed E-state index contributed by atoms with van der Waals surface area (Å²) in [6.45, 7) is 0.789. The molecule has 3 nitrogen and oxygen atoms in total. The topological polar surface area (TPSA) is 34.9 Å². The number of thioether (sulfide) groups is 1. The Kier molecular flexibility index (Phi) is 3.01. The van der Waals surface area contributed by atoms with E-state index in [-0.39, 0.29) is 5.56 Å². The molecule has 0 aromatic carbocycles. The number of fused-ring (bicyclic) bond motifs is 4. The minimum absolute atomic E-state index is 0.190. The van der Waals surface area contributed by atoms with Crippen LogP contribution >= 0.6 is 39.0 Å². The molecule has 0 fully saturated rings. The quantitative estimate of drug-likeness (QED) is 0.581. The third kappa shape index (κ3) is 1.83. The Morgan fingerprint density at radius 1 is 1.37 bits per heavy atom. The molecule has 3 heterocycles. The van der Waals surface area contributed by atoms with Crippen molar-refractivity contribution in [1.29, 1.82) is 0 Å². The Labute approximate surface area is 127 Å². The maximum atomic E-state index is 12.7. The van der Waals surface area contributed by atoms with Crippen LogP contribution < -0.4 is 5.56 Å². The highest BCUT2D eigenvalue weighted by Crippen LogP contribution is 2.37. The van der Waals surface area contributed by atoms with Crippen molar-refractivity contribution in [1.82, 2.24) is 9.55 Å². The van der Waals surface area contributed by atoms with Gasteiger partial charge >= 0.3 is 0 Å². The predicted molar refractivity (Wildman–Crippen MR) is 84.0 cm³/mol. The van der Waals surface area contributed by atoms with Crippen molar-refractivity contribution >= 4 is 49.2 Å². The molecule has 6 heteroatoms. The van der Waals surface area contributed by atoms with Crippen molar-refractivity contribution in [2.24, 2.45) is 0 Å². The fourth-order valence-corrected chi connectivity index (χ4v) is 5.87. The van der Waals surface area contributed by atoms with Crippen LogP contribution in [0.4, 0.5) is 0 Å². The lowest BCUT2D eigenvalue weighted by Gasteiger charge is -2.10.